The van der Waals surface area contributed by atoms with Crippen LogP contribution in [0, 0.1) is 0 Å². The van der Waals surface area contributed by atoms with Gasteiger partial charge in [0.25, 0.3) is 0 Å². The summed E-state index contributed by atoms with van der Waals surface area (Å²) in [5.74, 6) is 0.628. The lowest BCUT2D eigenvalue weighted by molar-refractivity contribution is 0.601. The van der Waals surface area contributed by atoms with Crippen LogP contribution in [0.2, 0.25) is 0 Å². The second-order valence-corrected chi connectivity index (χ2v) is 5.35. The van der Waals surface area contributed by atoms with Crippen LogP contribution in [0.3, 0.4) is 0 Å². The molecule has 4 nitrogen and oxygen atoms in total. The molecule has 0 aliphatic rings. The molecule has 0 aliphatic heterocycles. The summed E-state index contributed by atoms with van der Waals surface area (Å²) in [5.41, 5.74) is 0. The Morgan fingerprint density at radius 1 is 1.67 bits per heavy atom. The Balaban J connectivity index is 2.92. The van der Waals surface area contributed by atoms with Gasteiger partial charge < -0.3 is 5.32 Å². The predicted molar refractivity (Wildman–Crippen MR) is 49.4 cm³/mol. The topological polar surface area (TPSA) is 59.1 Å². The molecule has 0 unspecified atom stereocenters. The molecule has 1 N–H and O–H groups in total. The lowest BCUT2D eigenvalue weighted by atomic mass is 10.7. The lowest BCUT2D eigenvalue weighted by Gasteiger charge is -1.93. The van der Waals surface area contributed by atoms with Gasteiger partial charge in [0.05, 0.1) is 0 Å². The molecule has 12 heavy (non-hydrogen) atoms. The fourth-order valence-corrected chi connectivity index (χ4v) is 2.30. The zero-order valence-corrected chi connectivity index (χ0v) is 8.50. The van der Waals surface area contributed by atoms with Gasteiger partial charge in [-0.1, -0.05) is 0 Å². The van der Waals surface area contributed by atoms with Crippen molar-refractivity contribution in [2.75, 3.05) is 18.1 Å². The predicted octanol–water partition coefficient (Wildman–Crippen LogP) is 0.978. The molecule has 0 fully saturated rings. The van der Waals surface area contributed by atoms with Gasteiger partial charge in [-0.05, 0) is 6.92 Å². The van der Waals surface area contributed by atoms with Gasteiger partial charge >= 0.3 is 0 Å². The molecule has 1 aromatic heterocycles. The first-order chi connectivity index (χ1) is 5.54. The third-order valence-corrected chi connectivity index (χ3v) is 3.71. The van der Waals surface area contributed by atoms with Gasteiger partial charge in [-0.15, -0.1) is 11.3 Å². The van der Waals surface area contributed by atoms with Gasteiger partial charge in [-0.25, -0.2) is 13.4 Å². The molecule has 0 saturated carbocycles. The fourth-order valence-electron chi connectivity index (χ4n) is 0.690. The van der Waals surface area contributed by atoms with Crippen molar-refractivity contribution in [1.29, 1.82) is 0 Å². The van der Waals surface area contributed by atoms with Gasteiger partial charge in [-0.3, -0.25) is 0 Å². The molecule has 0 bridgehead atoms. The van der Waals surface area contributed by atoms with E-state index in [2.05, 4.69) is 10.3 Å². The van der Waals surface area contributed by atoms with Crippen molar-refractivity contribution < 1.29 is 8.42 Å². The molecular formula is C6H10N2O2S2. The van der Waals surface area contributed by atoms with Crippen molar-refractivity contribution in [3.63, 3.8) is 0 Å². The number of aromatic nitrogens is 1. The van der Waals surface area contributed by atoms with E-state index in [0.717, 1.165) is 24.1 Å². The average Bonchev–Trinajstić information content (AvgIpc) is 2.35. The van der Waals surface area contributed by atoms with Gasteiger partial charge in [0.1, 0.15) is 5.82 Å². The van der Waals surface area contributed by atoms with Gasteiger partial charge in [0, 0.05) is 18.2 Å². The first kappa shape index (κ1) is 9.47. The first-order valence-electron chi connectivity index (χ1n) is 3.43. The van der Waals surface area contributed by atoms with Crippen LogP contribution in [0.4, 0.5) is 5.82 Å². The molecule has 0 spiro atoms. The normalized spacial score (nSPS) is 11.5. The van der Waals surface area contributed by atoms with Crippen molar-refractivity contribution in [3.8, 4) is 0 Å². The number of sulfone groups is 1. The molecule has 6 heteroatoms. The quantitative estimate of drug-likeness (QED) is 0.801. The molecule has 0 atom stereocenters. The minimum absolute atomic E-state index is 0.165. The van der Waals surface area contributed by atoms with E-state index in [0.29, 0.717) is 5.82 Å². The number of thiazole rings is 1. The van der Waals surface area contributed by atoms with E-state index >= 15 is 0 Å². The lowest BCUT2D eigenvalue weighted by Crippen LogP contribution is -1.99. The summed E-state index contributed by atoms with van der Waals surface area (Å²) in [4.78, 5) is 3.89. The standard InChI is InChI=1S/C6H10N2O2S2/c1-3-7-5-4-11-6(8-5)12(2,9)10/h4,7H,3H2,1-2H3. The monoisotopic (exact) mass is 206 g/mol. The Bertz CT molecular complexity index is 355. The molecular weight excluding hydrogens is 196 g/mol. The number of nitrogens with one attached hydrogen (secondary N) is 1. The largest absolute Gasteiger partial charge is 0.370 e. The SMILES string of the molecule is CCNc1csc(S(C)(=O)=O)n1. The molecule has 0 aromatic carbocycles. The minimum atomic E-state index is -3.13. The first-order valence-corrected chi connectivity index (χ1v) is 6.20. The smallest absolute Gasteiger partial charge is 0.210 e. The van der Waals surface area contributed by atoms with Crippen LogP contribution in [0.5, 0.6) is 0 Å². The van der Waals surface area contributed by atoms with Crippen molar-refractivity contribution in [2.45, 2.75) is 11.3 Å². The molecule has 0 aliphatic carbocycles. The summed E-state index contributed by atoms with van der Waals surface area (Å²) in [5, 5.41) is 4.63. The zero-order chi connectivity index (χ0) is 9.19. The summed E-state index contributed by atoms with van der Waals surface area (Å²) in [6.45, 7) is 2.67. The highest BCUT2D eigenvalue weighted by atomic mass is 32.2. The third kappa shape index (κ3) is 2.18. The van der Waals surface area contributed by atoms with E-state index in [1.165, 1.54) is 0 Å². The maximum atomic E-state index is 11.0. The van der Waals surface area contributed by atoms with Crippen LogP contribution in [-0.4, -0.2) is 26.2 Å². The number of rotatable bonds is 3. The van der Waals surface area contributed by atoms with Crippen LogP contribution in [0.1, 0.15) is 6.92 Å². The molecule has 1 aromatic rings. The van der Waals surface area contributed by atoms with Crippen molar-refractivity contribution in [2.24, 2.45) is 0 Å². The molecule has 0 saturated heterocycles. The molecule has 68 valence electrons. The summed E-state index contributed by atoms with van der Waals surface area (Å²) in [6.07, 6.45) is 1.15. The van der Waals surface area contributed by atoms with Crippen LogP contribution in [-0.2, 0) is 9.84 Å². The minimum Gasteiger partial charge on any atom is -0.370 e. The van der Waals surface area contributed by atoms with E-state index in [4.69, 9.17) is 0 Å². The zero-order valence-electron chi connectivity index (χ0n) is 6.86. The molecule has 0 radical (unpaired) electrons. The fraction of sp³-hybridized carbons (Fsp3) is 0.500. The van der Waals surface area contributed by atoms with Gasteiger partial charge in [-0.2, -0.15) is 0 Å². The summed E-state index contributed by atoms with van der Waals surface area (Å²) in [6, 6.07) is 0. The number of nitrogens with zero attached hydrogens (tertiary/aromatic N) is 1. The summed E-state index contributed by atoms with van der Waals surface area (Å²) < 4.78 is 22.1. The molecule has 0 amide bonds. The van der Waals surface area contributed by atoms with Crippen molar-refractivity contribution in [1.82, 2.24) is 4.98 Å². The summed E-state index contributed by atoms with van der Waals surface area (Å²) >= 11 is 1.13. The second-order valence-electron chi connectivity index (χ2n) is 2.30. The Labute approximate surface area is 75.6 Å². The van der Waals surface area contributed by atoms with Gasteiger partial charge in [0.2, 0.25) is 14.2 Å². The average molecular weight is 206 g/mol. The number of anilines is 1. The number of hydrogen-bond donors (Lipinski definition) is 1. The summed E-state index contributed by atoms with van der Waals surface area (Å²) in [7, 11) is -3.13. The highest BCUT2D eigenvalue weighted by Gasteiger charge is 2.11. The Morgan fingerprint density at radius 2 is 2.33 bits per heavy atom. The number of hydrogen-bond acceptors (Lipinski definition) is 5. The van der Waals surface area contributed by atoms with Crippen LogP contribution < -0.4 is 5.32 Å². The van der Waals surface area contributed by atoms with E-state index < -0.39 is 9.84 Å². The highest BCUT2D eigenvalue weighted by Crippen LogP contribution is 2.18. The third-order valence-electron chi connectivity index (χ3n) is 1.16. The highest BCUT2D eigenvalue weighted by molar-refractivity contribution is 7.92. The van der Waals surface area contributed by atoms with E-state index in [-0.39, 0.29) is 4.34 Å². The Morgan fingerprint density at radius 3 is 2.75 bits per heavy atom. The van der Waals surface area contributed by atoms with E-state index in [1.807, 2.05) is 6.92 Å². The van der Waals surface area contributed by atoms with Crippen LogP contribution in [0.25, 0.3) is 0 Å². The van der Waals surface area contributed by atoms with Gasteiger partial charge in [0.15, 0.2) is 0 Å². The second kappa shape index (κ2) is 3.40. The Kier molecular flexibility index (Phi) is 2.69. The Hall–Kier alpha value is -0.620. The maximum absolute atomic E-state index is 11.0. The maximum Gasteiger partial charge on any atom is 0.210 e. The molecule has 1 heterocycles. The van der Waals surface area contributed by atoms with Crippen molar-refractivity contribution in [3.05, 3.63) is 5.38 Å². The van der Waals surface area contributed by atoms with Crippen molar-refractivity contribution >= 4 is 27.0 Å². The van der Waals surface area contributed by atoms with E-state index in [9.17, 15) is 8.42 Å². The van der Waals surface area contributed by atoms with Crippen LogP contribution >= 0.6 is 11.3 Å². The van der Waals surface area contributed by atoms with E-state index in [1.54, 1.807) is 5.38 Å². The molecule has 1 rings (SSSR count). The van der Waals surface area contributed by atoms with Crippen LogP contribution in [0.15, 0.2) is 9.72 Å².